The van der Waals surface area contributed by atoms with Crippen molar-refractivity contribution in [3.05, 3.63) is 65.4 Å². The van der Waals surface area contributed by atoms with Crippen LogP contribution in [-0.4, -0.2) is 33.5 Å². The molecule has 1 heterocycles. The molecule has 0 fully saturated rings. The van der Waals surface area contributed by atoms with Gasteiger partial charge in [-0.1, -0.05) is 31.2 Å². The molecule has 0 amide bonds. The normalized spacial score (nSPS) is 11.4. The Balaban J connectivity index is 1.86. The largest absolute Gasteiger partial charge is 0.460 e. The first-order chi connectivity index (χ1) is 14.4. The van der Waals surface area contributed by atoms with Crippen LogP contribution in [0.3, 0.4) is 0 Å². The van der Waals surface area contributed by atoms with Gasteiger partial charge in [-0.3, -0.25) is 0 Å². The number of benzene rings is 2. The molecular weight excluding hydrogens is 410 g/mol. The summed E-state index contributed by atoms with van der Waals surface area (Å²) in [4.78, 5) is 24.7. The summed E-state index contributed by atoms with van der Waals surface area (Å²) < 4.78 is 42.6. The molecule has 0 saturated carbocycles. The number of hydrogen-bond donors (Lipinski definition) is 1. The van der Waals surface area contributed by atoms with Crippen LogP contribution in [0.4, 0.5) is 0 Å². The number of fused-ring (bicyclic) bond motifs is 1. The van der Waals surface area contributed by atoms with Crippen molar-refractivity contribution >= 4 is 32.9 Å². The second kappa shape index (κ2) is 9.10. The molecule has 158 valence electrons. The van der Waals surface area contributed by atoms with Crippen LogP contribution in [-0.2, 0) is 26.1 Å². The number of carbonyl (C=O) groups is 2. The lowest BCUT2D eigenvalue weighted by atomic mass is 10.1. The van der Waals surface area contributed by atoms with Crippen molar-refractivity contribution in [1.29, 1.82) is 0 Å². The molecule has 0 bridgehead atoms. The lowest BCUT2D eigenvalue weighted by Gasteiger charge is -2.08. The van der Waals surface area contributed by atoms with Crippen LogP contribution in [0.1, 0.15) is 40.3 Å². The molecule has 1 N–H and O–H groups in total. The minimum Gasteiger partial charge on any atom is -0.460 e. The predicted molar refractivity (Wildman–Crippen MR) is 109 cm³/mol. The third-order valence-electron chi connectivity index (χ3n) is 4.22. The van der Waals surface area contributed by atoms with Gasteiger partial charge in [-0.25, -0.2) is 22.7 Å². The maximum Gasteiger partial charge on any atom is 0.374 e. The maximum absolute atomic E-state index is 12.5. The zero-order valence-electron chi connectivity index (χ0n) is 16.5. The van der Waals surface area contributed by atoms with Gasteiger partial charge >= 0.3 is 11.9 Å². The summed E-state index contributed by atoms with van der Waals surface area (Å²) in [6.45, 7) is 3.48. The summed E-state index contributed by atoms with van der Waals surface area (Å²) in [6.07, 6.45) is 0. The van der Waals surface area contributed by atoms with E-state index in [0.29, 0.717) is 16.5 Å². The molecule has 9 heteroatoms. The molecule has 0 radical (unpaired) electrons. The highest BCUT2D eigenvalue weighted by molar-refractivity contribution is 7.89. The number of para-hydroxylation sites is 1. The summed E-state index contributed by atoms with van der Waals surface area (Å²) in [5.41, 5.74) is 0.915. The van der Waals surface area contributed by atoms with Crippen molar-refractivity contribution in [1.82, 2.24) is 4.72 Å². The number of carbonyl (C=O) groups excluding carboxylic acids is 2. The summed E-state index contributed by atoms with van der Waals surface area (Å²) in [5.74, 6) is -1.42. The first kappa shape index (κ1) is 21.5. The predicted octanol–water partition coefficient (Wildman–Crippen LogP) is 3.26. The van der Waals surface area contributed by atoms with E-state index < -0.39 is 22.0 Å². The molecule has 0 aliphatic carbocycles. The number of nitrogens with one attached hydrogen (secondary N) is 1. The fourth-order valence-electron chi connectivity index (χ4n) is 2.89. The fourth-order valence-corrected chi connectivity index (χ4v) is 3.97. The molecule has 1 aromatic heterocycles. The zero-order valence-corrected chi connectivity index (χ0v) is 17.3. The van der Waals surface area contributed by atoms with Gasteiger partial charge in [-0.05, 0) is 31.2 Å². The van der Waals surface area contributed by atoms with E-state index in [0.717, 1.165) is 0 Å². The average Bonchev–Trinajstić information content (AvgIpc) is 3.11. The van der Waals surface area contributed by atoms with Crippen molar-refractivity contribution < 1.29 is 31.9 Å². The van der Waals surface area contributed by atoms with Crippen molar-refractivity contribution in [3.8, 4) is 0 Å². The smallest absolute Gasteiger partial charge is 0.374 e. The third-order valence-corrected chi connectivity index (χ3v) is 5.76. The van der Waals surface area contributed by atoms with E-state index in [2.05, 4.69) is 4.72 Å². The van der Waals surface area contributed by atoms with Crippen LogP contribution in [0.2, 0.25) is 0 Å². The highest BCUT2D eigenvalue weighted by Crippen LogP contribution is 2.27. The molecule has 0 aliphatic heterocycles. The minimum absolute atomic E-state index is 0.0330. The van der Waals surface area contributed by atoms with Gasteiger partial charge in [-0.15, -0.1) is 0 Å². The van der Waals surface area contributed by atoms with Crippen LogP contribution in [0.5, 0.6) is 0 Å². The molecule has 0 saturated heterocycles. The highest BCUT2D eigenvalue weighted by atomic mass is 32.2. The zero-order chi connectivity index (χ0) is 21.7. The van der Waals surface area contributed by atoms with Crippen LogP contribution in [0.15, 0.2) is 57.8 Å². The quantitative estimate of drug-likeness (QED) is 0.545. The Bertz CT molecular complexity index is 1180. The van der Waals surface area contributed by atoms with Gasteiger partial charge in [0.25, 0.3) is 0 Å². The molecule has 0 aliphatic rings. The Labute approximate surface area is 173 Å². The molecule has 3 rings (SSSR count). The van der Waals surface area contributed by atoms with E-state index in [1.807, 2.05) is 0 Å². The lowest BCUT2D eigenvalue weighted by molar-refractivity contribution is 0.0435. The number of furan rings is 1. The summed E-state index contributed by atoms with van der Waals surface area (Å²) >= 11 is 0. The van der Waals surface area contributed by atoms with Gasteiger partial charge in [0.2, 0.25) is 15.8 Å². The molecule has 8 nitrogen and oxygen atoms in total. The number of rotatable bonds is 8. The Hall–Kier alpha value is -3.17. The Morgan fingerprint density at radius 2 is 1.77 bits per heavy atom. The van der Waals surface area contributed by atoms with Crippen LogP contribution < -0.4 is 4.72 Å². The number of hydrogen-bond acceptors (Lipinski definition) is 7. The monoisotopic (exact) mass is 431 g/mol. The van der Waals surface area contributed by atoms with Gasteiger partial charge < -0.3 is 13.9 Å². The van der Waals surface area contributed by atoms with E-state index >= 15 is 0 Å². The molecule has 2 aromatic carbocycles. The van der Waals surface area contributed by atoms with Crippen molar-refractivity contribution in [2.24, 2.45) is 0 Å². The maximum atomic E-state index is 12.5. The van der Waals surface area contributed by atoms with Crippen molar-refractivity contribution in [2.75, 3.05) is 13.2 Å². The van der Waals surface area contributed by atoms with Crippen LogP contribution in [0, 0.1) is 0 Å². The summed E-state index contributed by atoms with van der Waals surface area (Å²) in [7, 11) is -3.71. The molecule has 0 unspecified atom stereocenters. The number of sulfonamides is 1. The fraction of sp³-hybridized carbons (Fsp3) is 0.238. The molecule has 0 atom stereocenters. The summed E-state index contributed by atoms with van der Waals surface area (Å²) in [6, 6.07) is 12.5. The Morgan fingerprint density at radius 3 is 2.50 bits per heavy atom. The SMILES string of the molecule is CCNS(=O)(=O)c1cccc(C(=O)OCc2c(C(=O)OCC)oc3ccccc23)c1. The van der Waals surface area contributed by atoms with Gasteiger partial charge in [0.15, 0.2) is 0 Å². The lowest BCUT2D eigenvalue weighted by Crippen LogP contribution is -2.23. The van der Waals surface area contributed by atoms with E-state index in [4.69, 9.17) is 13.9 Å². The van der Waals surface area contributed by atoms with Crippen molar-refractivity contribution in [2.45, 2.75) is 25.3 Å². The molecule has 3 aromatic rings. The van der Waals surface area contributed by atoms with Crippen LogP contribution >= 0.6 is 0 Å². The Morgan fingerprint density at radius 1 is 1.00 bits per heavy atom. The van der Waals surface area contributed by atoms with E-state index in [1.165, 1.54) is 24.3 Å². The number of esters is 2. The topological polar surface area (TPSA) is 112 Å². The van der Waals surface area contributed by atoms with Crippen molar-refractivity contribution in [3.63, 3.8) is 0 Å². The molecule has 0 spiro atoms. The third kappa shape index (κ3) is 4.52. The van der Waals surface area contributed by atoms with E-state index in [1.54, 1.807) is 38.1 Å². The second-order valence-corrected chi connectivity index (χ2v) is 8.00. The van der Waals surface area contributed by atoms with E-state index in [9.17, 15) is 18.0 Å². The highest BCUT2D eigenvalue weighted by Gasteiger charge is 2.23. The Kier molecular flexibility index (Phi) is 6.53. The summed E-state index contributed by atoms with van der Waals surface area (Å²) in [5, 5.41) is 0.622. The first-order valence-corrected chi connectivity index (χ1v) is 10.8. The first-order valence-electron chi connectivity index (χ1n) is 9.31. The molecule has 30 heavy (non-hydrogen) atoms. The standard InChI is InChI=1S/C21H21NO7S/c1-3-22-30(25,26)15-9-7-8-14(12-15)20(23)28-13-17-16-10-5-6-11-18(16)29-19(17)21(24)27-4-2/h5-12,22H,3-4,13H2,1-2H3. The average molecular weight is 431 g/mol. The van der Waals surface area contributed by atoms with E-state index in [-0.39, 0.29) is 36.0 Å². The van der Waals surface area contributed by atoms with Gasteiger partial charge in [0.1, 0.15) is 12.2 Å². The van der Waals surface area contributed by atoms with Gasteiger partial charge in [0, 0.05) is 11.9 Å². The number of ether oxygens (including phenoxy) is 2. The second-order valence-electron chi connectivity index (χ2n) is 6.23. The van der Waals surface area contributed by atoms with Crippen LogP contribution in [0.25, 0.3) is 11.0 Å². The van der Waals surface area contributed by atoms with Gasteiger partial charge in [-0.2, -0.15) is 0 Å². The minimum atomic E-state index is -3.71. The molecular formula is C21H21NO7S. The van der Waals surface area contributed by atoms with Gasteiger partial charge in [0.05, 0.1) is 22.6 Å².